The predicted octanol–water partition coefficient (Wildman–Crippen LogP) is 0.854. The second-order valence-electron chi connectivity index (χ2n) is 4.31. The normalized spacial score (nSPS) is 11.3. The Hall–Kier alpha value is -2.08. The number of rotatable bonds is 4. The quantitative estimate of drug-likeness (QED) is 0.870. The van der Waals surface area contributed by atoms with Gasteiger partial charge in [-0.3, -0.25) is 4.57 Å². The van der Waals surface area contributed by atoms with Gasteiger partial charge >= 0.3 is 11.7 Å². The summed E-state index contributed by atoms with van der Waals surface area (Å²) in [7, 11) is 3.80. The number of hydrogen-bond donors (Lipinski definition) is 1. The molecule has 0 aliphatic carbocycles. The van der Waals surface area contributed by atoms with Gasteiger partial charge in [-0.15, -0.1) is 0 Å². The minimum atomic E-state index is -1.02. The minimum Gasteiger partial charge on any atom is -0.478 e. The highest BCUT2D eigenvalue weighted by molar-refractivity contribution is 5.91. The first-order chi connectivity index (χ1) is 8.49. The van der Waals surface area contributed by atoms with E-state index in [0.717, 1.165) is 0 Å². The number of carboxylic acid groups (broad SMARTS) is 1. The molecule has 0 spiro atoms. The number of carboxylic acids is 1. The molecule has 0 saturated heterocycles. The van der Waals surface area contributed by atoms with Crippen molar-refractivity contribution in [3.63, 3.8) is 0 Å². The van der Waals surface area contributed by atoms with Crippen molar-refractivity contribution < 1.29 is 14.3 Å². The first kappa shape index (κ1) is 12.4. The van der Waals surface area contributed by atoms with Gasteiger partial charge in [-0.05, 0) is 32.3 Å². The lowest BCUT2D eigenvalue weighted by atomic mass is 10.2. The smallest absolute Gasteiger partial charge is 0.419 e. The van der Waals surface area contributed by atoms with Gasteiger partial charge < -0.3 is 14.4 Å². The number of likely N-dealkylation sites (N-methyl/N-ethyl adjacent to an activating group) is 1. The predicted molar refractivity (Wildman–Crippen MR) is 66.0 cm³/mol. The van der Waals surface area contributed by atoms with E-state index in [9.17, 15) is 9.59 Å². The monoisotopic (exact) mass is 250 g/mol. The molecule has 18 heavy (non-hydrogen) atoms. The van der Waals surface area contributed by atoms with Gasteiger partial charge in [0.25, 0.3) is 0 Å². The maximum Gasteiger partial charge on any atom is 0.419 e. The van der Waals surface area contributed by atoms with Crippen LogP contribution in [0.1, 0.15) is 10.4 Å². The number of carbonyl (C=O) groups is 1. The second-order valence-corrected chi connectivity index (χ2v) is 4.31. The molecule has 0 radical (unpaired) electrons. The van der Waals surface area contributed by atoms with Crippen LogP contribution in [-0.2, 0) is 6.54 Å². The van der Waals surface area contributed by atoms with Crippen LogP contribution in [0.15, 0.2) is 27.4 Å². The molecule has 1 heterocycles. The molecule has 1 aromatic heterocycles. The molecule has 0 aliphatic heterocycles. The molecule has 0 aliphatic rings. The molecule has 0 atom stereocenters. The molecular formula is C12H14N2O4. The zero-order valence-corrected chi connectivity index (χ0v) is 10.2. The molecule has 0 bridgehead atoms. The summed E-state index contributed by atoms with van der Waals surface area (Å²) in [5.74, 6) is -1.49. The summed E-state index contributed by atoms with van der Waals surface area (Å²) >= 11 is 0. The molecular weight excluding hydrogens is 236 g/mol. The molecule has 0 unspecified atom stereocenters. The zero-order chi connectivity index (χ0) is 13.3. The number of nitrogens with zero attached hydrogens (tertiary/aromatic N) is 2. The average Bonchev–Trinajstić information content (AvgIpc) is 2.60. The summed E-state index contributed by atoms with van der Waals surface area (Å²) < 4.78 is 6.51. The maximum atomic E-state index is 11.7. The fraction of sp³-hybridized carbons (Fsp3) is 0.333. The van der Waals surface area contributed by atoms with Crippen LogP contribution in [0.25, 0.3) is 11.1 Å². The van der Waals surface area contributed by atoms with Crippen LogP contribution in [0.4, 0.5) is 0 Å². The molecule has 0 fully saturated rings. The first-order valence-electron chi connectivity index (χ1n) is 5.50. The third kappa shape index (κ3) is 2.28. The molecule has 96 valence electrons. The lowest BCUT2D eigenvalue weighted by Crippen LogP contribution is -2.23. The molecule has 2 aromatic rings. The van der Waals surface area contributed by atoms with E-state index in [1.54, 1.807) is 0 Å². The Bertz CT molecular complexity index is 639. The van der Waals surface area contributed by atoms with Gasteiger partial charge in [0.2, 0.25) is 0 Å². The van der Waals surface area contributed by atoms with Crippen molar-refractivity contribution >= 4 is 17.1 Å². The van der Waals surface area contributed by atoms with Gasteiger partial charge in [0.1, 0.15) is 0 Å². The highest BCUT2D eigenvalue weighted by atomic mass is 16.4. The maximum absolute atomic E-state index is 11.7. The van der Waals surface area contributed by atoms with Crippen molar-refractivity contribution in [2.45, 2.75) is 6.54 Å². The Balaban J connectivity index is 2.50. The Morgan fingerprint density at radius 2 is 2.17 bits per heavy atom. The van der Waals surface area contributed by atoms with Crippen LogP contribution in [0.2, 0.25) is 0 Å². The highest BCUT2D eigenvalue weighted by Crippen LogP contribution is 2.15. The van der Waals surface area contributed by atoms with Crippen LogP contribution >= 0.6 is 0 Å². The number of fused-ring (bicyclic) bond motifs is 1. The van der Waals surface area contributed by atoms with E-state index in [4.69, 9.17) is 9.52 Å². The van der Waals surface area contributed by atoms with Crippen LogP contribution in [-0.4, -0.2) is 41.2 Å². The van der Waals surface area contributed by atoms with Crippen LogP contribution in [0.5, 0.6) is 0 Å². The lowest BCUT2D eigenvalue weighted by Gasteiger charge is -2.09. The molecule has 1 N–H and O–H groups in total. The van der Waals surface area contributed by atoms with Crippen molar-refractivity contribution in [2.75, 3.05) is 20.6 Å². The third-order valence-corrected chi connectivity index (χ3v) is 2.69. The summed E-state index contributed by atoms with van der Waals surface area (Å²) in [5.41, 5.74) is 1.06. The van der Waals surface area contributed by atoms with Gasteiger partial charge in [-0.1, -0.05) is 0 Å². The summed E-state index contributed by atoms with van der Waals surface area (Å²) in [6, 6.07) is 4.38. The third-order valence-electron chi connectivity index (χ3n) is 2.69. The topological polar surface area (TPSA) is 75.7 Å². The Kier molecular flexibility index (Phi) is 3.20. The summed E-state index contributed by atoms with van der Waals surface area (Å²) in [6.07, 6.45) is 0. The van der Waals surface area contributed by atoms with Crippen LogP contribution in [0.3, 0.4) is 0 Å². The zero-order valence-electron chi connectivity index (χ0n) is 10.2. The Labute approximate surface area is 103 Å². The highest BCUT2D eigenvalue weighted by Gasteiger charge is 2.12. The molecule has 0 saturated carbocycles. The standard InChI is InChI=1S/C12H14N2O4/c1-13(2)5-6-14-9-7-8(11(15)16)3-4-10(9)18-12(14)17/h3-4,7H,5-6H2,1-2H3,(H,15,16). The minimum absolute atomic E-state index is 0.141. The fourth-order valence-corrected chi connectivity index (χ4v) is 1.71. The van der Waals surface area contributed by atoms with Gasteiger partial charge in [0.05, 0.1) is 11.1 Å². The van der Waals surface area contributed by atoms with Crippen molar-refractivity contribution in [1.82, 2.24) is 9.47 Å². The van der Waals surface area contributed by atoms with Crippen molar-refractivity contribution in [1.29, 1.82) is 0 Å². The summed E-state index contributed by atoms with van der Waals surface area (Å²) in [4.78, 5) is 24.5. The number of benzene rings is 1. The van der Waals surface area contributed by atoms with Gasteiger partial charge in [-0.25, -0.2) is 9.59 Å². The van der Waals surface area contributed by atoms with E-state index in [0.29, 0.717) is 24.2 Å². The lowest BCUT2D eigenvalue weighted by molar-refractivity contribution is 0.0697. The Morgan fingerprint density at radius 3 is 2.78 bits per heavy atom. The second kappa shape index (κ2) is 4.66. The van der Waals surface area contributed by atoms with Gasteiger partial charge in [0, 0.05) is 13.1 Å². The van der Waals surface area contributed by atoms with E-state index in [1.807, 2.05) is 19.0 Å². The average molecular weight is 250 g/mol. The van der Waals surface area contributed by atoms with Crippen LogP contribution in [0, 0.1) is 0 Å². The van der Waals surface area contributed by atoms with Crippen molar-refractivity contribution in [2.24, 2.45) is 0 Å². The SMILES string of the molecule is CN(C)CCn1c(=O)oc2ccc(C(=O)O)cc21. The number of aromatic nitrogens is 1. The van der Waals surface area contributed by atoms with Crippen molar-refractivity contribution in [3.05, 3.63) is 34.3 Å². The van der Waals surface area contributed by atoms with Gasteiger partial charge in [0.15, 0.2) is 5.58 Å². The fourth-order valence-electron chi connectivity index (χ4n) is 1.71. The molecule has 0 amide bonds. The molecule has 2 rings (SSSR count). The van der Waals surface area contributed by atoms with E-state index in [2.05, 4.69) is 0 Å². The number of aromatic carboxylic acids is 1. The number of hydrogen-bond acceptors (Lipinski definition) is 4. The molecule has 6 nitrogen and oxygen atoms in total. The van der Waals surface area contributed by atoms with Crippen molar-refractivity contribution in [3.8, 4) is 0 Å². The van der Waals surface area contributed by atoms with E-state index in [1.165, 1.54) is 22.8 Å². The van der Waals surface area contributed by atoms with E-state index < -0.39 is 11.7 Å². The van der Waals surface area contributed by atoms with Crippen LogP contribution < -0.4 is 5.76 Å². The van der Waals surface area contributed by atoms with E-state index in [-0.39, 0.29) is 5.56 Å². The first-order valence-corrected chi connectivity index (χ1v) is 5.50. The number of oxazole rings is 1. The molecule has 1 aromatic carbocycles. The summed E-state index contributed by atoms with van der Waals surface area (Å²) in [6.45, 7) is 1.13. The largest absolute Gasteiger partial charge is 0.478 e. The summed E-state index contributed by atoms with van der Waals surface area (Å²) in [5, 5.41) is 8.93. The van der Waals surface area contributed by atoms with Gasteiger partial charge in [-0.2, -0.15) is 0 Å². The molecule has 6 heteroatoms. The Morgan fingerprint density at radius 1 is 1.44 bits per heavy atom. The van der Waals surface area contributed by atoms with E-state index >= 15 is 0 Å².